The SMILES string of the molecule is O=C1CCC2CC[C@@H](O)[C@@H]3[C@H](O)[C@H](O)C1N23. The van der Waals surface area contributed by atoms with E-state index in [9.17, 15) is 20.1 Å². The standard InChI is InChI=1S/C11H17NO4/c13-6-3-1-5-2-4-7(14)9-11(16)10(15)8(6)12(5)9/h5-6,8-11,13,15-16H,1-4H2/t5?,6-,8-,9?,10+,11-/m1/s1. The summed E-state index contributed by atoms with van der Waals surface area (Å²) in [5.74, 6) is -0.000556. The number of ketones is 1. The number of aliphatic hydroxyl groups excluding tert-OH is 3. The fourth-order valence-electron chi connectivity index (χ4n) is 3.61. The lowest BCUT2D eigenvalue weighted by Crippen LogP contribution is -2.59. The van der Waals surface area contributed by atoms with Crippen LogP contribution in [-0.2, 0) is 4.79 Å². The summed E-state index contributed by atoms with van der Waals surface area (Å²) in [7, 11) is 0. The molecule has 0 bridgehead atoms. The predicted octanol–water partition coefficient (Wildman–Crippen LogP) is -1.35. The largest absolute Gasteiger partial charge is 0.391 e. The van der Waals surface area contributed by atoms with Crippen molar-refractivity contribution in [1.82, 2.24) is 4.90 Å². The fraction of sp³-hybridized carbons (Fsp3) is 0.909. The van der Waals surface area contributed by atoms with Crippen LogP contribution in [0.25, 0.3) is 0 Å². The highest BCUT2D eigenvalue weighted by Gasteiger charge is 2.58. The Hall–Kier alpha value is -0.490. The lowest BCUT2D eigenvalue weighted by atomic mass is 9.87. The van der Waals surface area contributed by atoms with Gasteiger partial charge in [0.25, 0.3) is 0 Å². The summed E-state index contributed by atoms with van der Waals surface area (Å²) in [4.78, 5) is 13.6. The first kappa shape index (κ1) is 10.7. The zero-order valence-electron chi connectivity index (χ0n) is 8.99. The van der Waals surface area contributed by atoms with Crippen LogP contribution < -0.4 is 0 Å². The van der Waals surface area contributed by atoms with Gasteiger partial charge in [-0.25, -0.2) is 0 Å². The van der Waals surface area contributed by atoms with E-state index in [1.165, 1.54) is 0 Å². The molecule has 2 unspecified atom stereocenters. The number of carbonyl (C=O) groups is 1. The maximum absolute atomic E-state index is 11.8. The van der Waals surface area contributed by atoms with Crippen LogP contribution in [-0.4, -0.2) is 62.4 Å². The zero-order chi connectivity index (χ0) is 11.4. The molecule has 3 rings (SSSR count). The Bertz CT molecular complexity index is 321. The molecule has 0 aromatic heterocycles. The minimum absolute atomic E-state index is 0.000556. The molecule has 0 aliphatic carbocycles. The number of rotatable bonds is 0. The molecule has 5 nitrogen and oxygen atoms in total. The van der Waals surface area contributed by atoms with Gasteiger partial charge in [-0.3, -0.25) is 9.69 Å². The highest BCUT2D eigenvalue weighted by atomic mass is 16.3. The minimum Gasteiger partial charge on any atom is -0.391 e. The molecule has 3 heterocycles. The van der Waals surface area contributed by atoms with Gasteiger partial charge in [-0.05, 0) is 19.3 Å². The summed E-state index contributed by atoms with van der Waals surface area (Å²) in [6.07, 6.45) is 0.114. The number of carbonyl (C=O) groups excluding carboxylic acids is 1. The maximum Gasteiger partial charge on any atom is 0.152 e. The summed E-state index contributed by atoms with van der Waals surface area (Å²) in [6, 6.07) is -0.806. The molecule has 6 atom stereocenters. The Kier molecular flexibility index (Phi) is 2.33. The first-order valence-corrected chi connectivity index (χ1v) is 5.95. The van der Waals surface area contributed by atoms with Gasteiger partial charge < -0.3 is 15.3 Å². The third-order valence-corrected chi connectivity index (χ3v) is 4.35. The number of nitrogens with zero attached hydrogens (tertiary/aromatic N) is 1. The molecular formula is C11H17NO4. The Morgan fingerprint density at radius 3 is 2.56 bits per heavy atom. The van der Waals surface area contributed by atoms with E-state index in [-0.39, 0.29) is 11.8 Å². The van der Waals surface area contributed by atoms with Crippen LogP contribution in [0.1, 0.15) is 25.7 Å². The highest BCUT2D eigenvalue weighted by molar-refractivity contribution is 5.86. The van der Waals surface area contributed by atoms with E-state index in [2.05, 4.69) is 0 Å². The van der Waals surface area contributed by atoms with Gasteiger partial charge in [0.05, 0.1) is 24.3 Å². The second-order valence-corrected chi connectivity index (χ2v) is 5.17. The first-order valence-electron chi connectivity index (χ1n) is 5.95. The van der Waals surface area contributed by atoms with Crippen molar-refractivity contribution < 1.29 is 20.1 Å². The molecule has 0 saturated carbocycles. The average molecular weight is 227 g/mol. The first-order chi connectivity index (χ1) is 7.61. The highest BCUT2D eigenvalue weighted by Crippen LogP contribution is 2.40. The molecule has 3 fully saturated rings. The second kappa shape index (κ2) is 3.50. The molecule has 0 amide bonds. The Morgan fingerprint density at radius 1 is 1.06 bits per heavy atom. The predicted molar refractivity (Wildman–Crippen MR) is 54.7 cm³/mol. The van der Waals surface area contributed by atoms with Crippen molar-refractivity contribution in [3.8, 4) is 0 Å². The van der Waals surface area contributed by atoms with E-state index >= 15 is 0 Å². The smallest absolute Gasteiger partial charge is 0.152 e. The normalized spacial score (nSPS) is 52.8. The zero-order valence-corrected chi connectivity index (χ0v) is 8.99. The van der Waals surface area contributed by atoms with Crippen LogP contribution in [0.4, 0.5) is 0 Å². The van der Waals surface area contributed by atoms with Crippen molar-refractivity contribution in [2.45, 2.75) is 62.1 Å². The van der Waals surface area contributed by atoms with Crippen molar-refractivity contribution in [3.63, 3.8) is 0 Å². The molecule has 5 heteroatoms. The Labute approximate surface area is 93.7 Å². The third kappa shape index (κ3) is 1.23. The fourth-order valence-corrected chi connectivity index (χ4v) is 3.61. The van der Waals surface area contributed by atoms with Crippen LogP contribution in [0.2, 0.25) is 0 Å². The quantitative estimate of drug-likeness (QED) is 0.476. The summed E-state index contributed by atoms with van der Waals surface area (Å²) >= 11 is 0. The summed E-state index contributed by atoms with van der Waals surface area (Å²) in [5.41, 5.74) is 0. The monoisotopic (exact) mass is 227 g/mol. The second-order valence-electron chi connectivity index (χ2n) is 5.17. The molecule has 0 spiro atoms. The molecule has 0 radical (unpaired) electrons. The lowest BCUT2D eigenvalue weighted by Gasteiger charge is -2.45. The van der Waals surface area contributed by atoms with E-state index in [0.29, 0.717) is 12.8 Å². The van der Waals surface area contributed by atoms with Gasteiger partial charge in [-0.1, -0.05) is 0 Å². The van der Waals surface area contributed by atoms with Gasteiger partial charge in [0, 0.05) is 12.5 Å². The molecule has 16 heavy (non-hydrogen) atoms. The molecule has 3 saturated heterocycles. The molecule has 90 valence electrons. The van der Waals surface area contributed by atoms with E-state index in [1.54, 1.807) is 0 Å². The molecule has 0 aromatic carbocycles. The van der Waals surface area contributed by atoms with Crippen LogP contribution in [0, 0.1) is 0 Å². The van der Waals surface area contributed by atoms with Crippen LogP contribution in [0.15, 0.2) is 0 Å². The Balaban J connectivity index is 1.99. The van der Waals surface area contributed by atoms with E-state index < -0.39 is 30.4 Å². The third-order valence-electron chi connectivity index (χ3n) is 4.35. The van der Waals surface area contributed by atoms with Crippen LogP contribution in [0.5, 0.6) is 0 Å². The molecule has 3 N–H and O–H groups in total. The summed E-state index contributed by atoms with van der Waals surface area (Å²) in [6.45, 7) is 0. The van der Waals surface area contributed by atoms with Gasteiger partial charge in [-0.15, -0.1) is 0 Å². The molecule has 3 aliphatic heterocycles. The molecular weight excluding hydrogens is 210 g/mol. The number of hydrogen-bond acceptors (Lipinski definition) is 5. The van der Waals surface area contributed by atoms with E-state index in [4.69, 9.17) is 0 Å². The average Bonchev–Trinajstić information content (AvgIpc) is 2.53. The minimum atomic E-state index is -1.03. The molecule has 0 aromatic rings. The summed E-state index contributed by atoms with van der Waals surface area (Å²) in [5, 5.41) is 29.7. The van der Waals surface area contributed by atoms with Crippen LogP contribution in [0.3, 0.4) is 0 Å². The topological polar surface area (TPSA) is 81.0 Å². The number of hydrogen-bond donors (Lipinski definition) is 3. The van der Waals surface area contributed by atoms with Gasteiger partial charge in [0.2, 0.25) is 0 Å². The number of Topliss-reactive ketones (excluding diaryl/α,β-unsaturated/α-hetero) is 1. The van der Waals surface area contributed by atoms with Crippen molar-refractivity contribution in [2.24, 2.45) is 0 Å². The van der Waals surface area contributed by atoms with Crippen molar-refractivity contribution >= 4 is 5.78 Å². The van der Waals surface area contributed by atoms with Crippen molar-refractivity contribution in [1.29, 1.82) is 0 Å². The number of piperidine rings is 2. The maximum atomic E-state index is 11.8. The van der Waals surface area contributed by atoms with E-state index in [1.807, 2.05) is 4.90 Å². The lowest BCUT2D eigenvalue weighted by molar-refractivity contribution is -0.134. The van der Waals surface area contributed by atoms with Crippen LogP contribution >= 0.6 is 0 Å². The Morgan fingerprint density at radius 2 is 1.81 bits per heavy atom. The van der Waals surface area contributed by atoms with Gasteiger partial charge in [-0.2, -0.15) is 0 Å². The van der Waals surface area contributed by atoms with Gasteiger partial charge >= 0.3 is 0 Å². The van der Waals surface area contributed by atoms with Crippen molar-refractivity contribution in [2.75, 3.05) is 0 Å². The molecule has 3 aliphatic rings. The van der Waals surface area contributed by atoms with Crippen molar-refractivity contribution in [3.05, 3.63) is 0 Å². The van der Waals surface area contributed by atoms with Gasteiger partial charge in [0.1, 0.15) is 6.10 Å². The van der Waals surface area contributed by atoms with E-state index in [0.717, 1.165) is 12.8 Å². The summed E-state index contributed by atoms with van der Waals surface area (Å²) < 4.78 is 0. The number of aliphatic hydroxyl groups is 3. The van der Waals surface area contributed by atoms with Gasteiger partial charge in [0.15, 0.2) is 5.78 Å².